The van der Waals surface area contributed by atoms with E-state index >= 15 is 0 Å². The predicted molar refractivity (Wildman–Crippen MR) is 121 cm³/mol. The predicted octanol–water partition coefficient (Wildman–Crippen LogP) is 5.04. The molecule has 5 rings (SSSR count). The van der Waals surface area contributed by atoms with Gasteiger partial charge in [-0.2, -0.15) is 0 Å². The molecule has 6 nitrogen and oxygen atoms in total. The molecule has 0 saturated carbocycles. The van der Waals surface area contributed by atoms with Gasteiger partial charge in [0.05, 0.1) is 16.7 Å². The highest BCUT2D eigenvalue weighted by molar-refractivity contribution is 7.98. The molecular formula is C24H18N4O2S. The van der Waals surface area contributed by atoms with Crippen molar-refractivity contribution in [1.82, 2.24) is 19.7 Å². The van der Waals surface area contributed by atoms with Crippen LogP contribution >= 0.6 is 11.8 Å². The minimum atomic E-state index is -0.145. The lowest BCUT2D eigenvalue weighted by molar-refractivity contribution is 0.397. The van der Waals surface area contributed by atoms with E-state index in [1.165, 1.54) is 11.8 Å². The molecule has 0 aliphatic rings. The Hall–Kier alpha value is -3.71. The van der Waals surface area contributed by atoms with Crippen LogP contribution < -0.4 is 5.56 Å². The van der Waals surface area contributed by atoms with E-state index in [-0.39, 0.29) is 5.56 Å². The Morgan fingerprint density at radius 3 is 2.65 bits per heavy atom. The average Bonchev–Trinajstić information content (AvgIpc) is 3.27. The second-order valence-corrected chi connectivity index (χ2v) is 8.02. The van der Waals surface area contributed by atoms with E-state index in [9.17, 15) is 4.79 Å². The first-order valence-electron chi connectivity index (χ1n) is 9.78. The molecule has 0 spiro atoms. The van der Waals surface area contributed by atoms with Crippen LogP contribution in [0.3, 0.4) is 0 Å². The molecule has 0 fully saturated rings. The van der Waals surface area contributed by atoms with E-state index in [4.69, 9.17) is 9.51 Å². The molecule has 0 saturated heterocycles. The summed E-state index contributed by atoms with van der Waals surface area (Å²) in [6, 6.07) is 22.9. The Balaban J connectivity index is 1.53. The van der Waals surface area contributed by atoms with Gasteiger partial charge in [0, 0.05) is 17.8 Å². The van der Waals surface area contributed by atoms with Crippen LogP contribution in [0, 0.1) is 6.92 Å². The van der Waals surface area contributed by atoms with Crippen LogP contribution in [0.4, 0.5) is 0 Å². The number of fused-ring (bicyclic) bond motifs is 1. The molecule has 0 amide bonds. The lowest BCUT2D eigenvalue weighted by atomic mass is 10.1. The molecule has 7 heteroatoms. The summed E-state index contributed by atoms with van der Waals surface area (Å²) in [6.07, 6.45) is 1.70. The quantitative estimate of drug-likeness (QED) is 0.290. The van der Waals surface area contributed by atoms with Crippen LogP contribution in [0.25, 0.3) is 28.0 Å². The van der Waals surface area contributed by atoms with Crippen molar-refractivity contribution in [2.75, 3.05) is 0 Å². The largest absolute Gasteiger partial charge is 0.360 e. The van der Waals surface area contributed by atoms with Crippen molar-refractivity contribution in [2.24, 2.45) is 0 Å². The SMILES string of the molecule is Cc1ccnc(-n2c(SCc3cc(-c4ccccc4)no3)nc3ccccc3c2=O)c1. The second-order valence-electron chi connectivity index (χ2n) is 7.08. The molecule has 3 heterocycles. The van der Waals surface area contributed by atoms with Crippen LogP contribution in [0.2, 0.25) is 0 Å². The van der Waals surface area contributed by atoms with Crippen molar-refractivity contribution in [3.63, 3.8) is 0 Å². The van der Waals surface area contributed by atoms with E-state index in [2.05, 4.69) is 10.1 Å². The van der Waals surface area contributed by atoms with Crippen LogP contribution in [0.5, 0.6) is 0 Å². The molecule has 31 heavy (non-hydrogen) atoms. The van der Waals surface area contributed by atoms with E-state index in [1.807, 2.05) is 73.7 Å². The zero-order valence-corrected chi connectivity index (χ0v) is 17.5. The van der Waals surface area contributed by atoms with Crippen molar-refractivity contribution in [2.45, 2.75) is 17.8 Å². The molecule has 0 aliphatic carbocycles. The van der Waals surface area contributed by atoms with E-state index in [0.717, 1.165) is 16.8 Å². The normalized spacial score (nSPS) is 11.1. The Bertz CT molecular complexity index is 1430. The fraction of sp³-hybridized carbons (Fsp3) is 0.0833. The van der Waals surface area contributed by atoms with Crippen LogP contribution in [-0.4, -0.2) is 19.7 Å². The minimum absolute atomic E-state index is 0.145. The van der Waals surface area contributed by atoms with Crippen molar-refractivity contribution in [1.29, 1.82) is 0 Å². The van der Waals surface area contributed by atoms with Crippen molar-refractivity contribution in [3.8, 4) is 17.1 Å². The first-order chi connectivity index (χ1) is 15.2. The molecule has 0 radical (unpaired) electrons. The van der Waals surface area contributed by atoms with Gasteiger partial charge in [-0.25, -0.2) is 14.5 Å². The van der Waals surface area contributed by atoms with Gasteiger partial charge < -0.3 is 4.52 Å². The summed E-state index contributed by atoms with van der Waals surface area (Å²) < 4.78 is 7.09. The Labute approximate surface area is 182 Å². The monoisotopic (exact) mass is 426 g/mol. The Kier molecular flexibility index (Phi) is 5.09. The first kappa shape index (κ1) is 19.3. The molecule has 2 aromatic carbocycles. The lowest BCUT2D eigenvalue weighted by Gasteiger charge is -2.12. The zero-order valence-electron chi connectivity index (χ0n) is 16.7. The number of hydrogen-bond donors (Lipinski definition) is 0. The summed E-state index contributed by atoms with van der Waals surface area (Å²) in [4.78, 5) is 22.5. The van der Waals surface area contributed by atoms with Gasteiger partial charge in [-0.15, -0.1) is 0 Å². The highest BCUT2D eigenvalue weighted by Crippen LogP contribution is 2.26. The highest BCUT2D eigenvalue weighted by Gasteiger charge is 2.16. The highest BCUT2D eigenvalue weighted by atomic mass is 32.2. The number of rotatable bonds is 5. The van der Waals surface area contributed by atoms with Gasteiger partial charge in [-0.05, 0) is 36.8 Å². The number of hydrogen-bond acceptors (Lipinski definition) is 6. The molecule has 152 valence electrons. The fourth-order valence-electron chi connectivity index (χ4n) is 3.32. The van der Waals surface area contributed by atoms with E-state index in [1.54, 1.807) is 16.8 Å². The molecule has 0 atom stereocenters. The topological polar surface area (TPSA) is 73.8 Å². The molecule has 0 aliphatic heterocycles. The Morgan fingerprint density at radius 2 is 1.81 bits per heavy atom. The standard InChI is InChI=1S/C24H18N4O2S/c1-16-11-12-25-22(13-16)28-23(29)19-9-5-6-10-20(19)26-24(28)31-15-18-14-21(27-30-18)17-7-3-2-4-8-17/h2-14H,15H2,1H3. The van der Waals surface area contributed by atoms with Gasteiger partial charge in [-0.1, -0.05) is 59.4 Å². The smallest absolute Gasteiger partial charge is 0.267 e. The number of para-hydroxylation sites is 1. The van der Waals surface area contributed by atoms with E-state index < -0.39 is 0 Å². The van der Waals surface area contributed by atoms with E-state index in [0.29, 0.717) is 33.4 Å². The lowest BCUT2D eigenvalue weighted by Crippen LogP contribution is -2.22. The zero-order chi connectivity index (χ0) is 21.2. The number of pyridine rings is 1. The van der Waals surface area contributed by atoms with Crippen molar-refractivity contribution in [3.05, 3.63) is 101 Å². The number of aryl methyl sites for hydroxylation is 1. The van der Waals surface area contributed by atoms with Crippen LogP contribution in [0.15, 0.2) is 93.5 Å². The van der Waals surface area contributed by atoms with Crippen LogP contribution in [-0.2, 0) is 5.75 Å². The summed E-state index contributed by atoms with van der Waals surface area (Å²) in [5.41, 5.74) is 3.30. The maximum atomic E-state index is 13.3. The second kappa shape index (κ2) is 8.20. The molecule has 0 N–H and O–H groups in total. The third kappa shape index (κ3) is 3.87. The maximum Gasteiger partial charge on any atom is 0.267 e. The number of nitrogens with zero attached hydrogens (tertiary/aromatic N) is 4. The summed E-state index contributed by atoms with van der Waals surface area (Å²) in [7, 11) is 0. The van der Waals surface area contributed by atoms with Crippen molar-refractivity contribution < 1.29 is 4.52 Å². The Morgan fingerprint density at radius 1 is 1.00 bits per heavy atom. The van der Waals surface area contributed by atoms with Crippen LogP contribution in [0.1, 0.15) is 11.3 Å². The maximum absolute atomic E-state index is 13.3. The third-order valence-electron chi connectivity index (χ3n) is 4.85. The van der Waals surface area contributed by atoms with Crippen molar-refractivity contribution >= 4 is 22.7 Å². The van der Waals surface area contributed by atoms with Gasteiger partial charge in [0.1, 0.15) is 17.3 Å². The molecule has 5 aromatic rings. The summed E-state index contributed by atoms with van der Waals surface area (Å²) in [5, 5.41) is 5.28. The number of aromatic nitrogens is 4. The molecule has 3 aromatic heterocycles. The van der Waals surface area contributed by atoms with Gasteiger partial charge in [0.2, 0.25) is 0 Å². The average molecular weight is 427 g/mol. The van der Waals surface area contributed by atoms with Gasteiger partial charge in [0.25, 0.3) is 5.56 Å². The van der Waals surface area contributed by atoms with Gasteiger partial charge in [-0.3, -0.25) is 4.79 Å². The molecule has 0 bridgehead atoms. The minimum Gasteiger partial charge on any atom is -0.360 e. The summed E-state index contributed by atoms with van der Waals surface area (Å²) in [6.45, 7) is 1.97. The first-order valence-corrected chi connectivity index (χ1v) is 10.8. The number of benzene rings is 2. The summed E-state index contributed by atoms with van der Waals surface area (Å²) in [5.74, 6) is 1.74. The fourth-order valence-corrected chi connectivity index (χ4v) is 4.19. The van der Waals surface area contributed by atoms with Gasteiger partial charge >= 0.3 is 0 Å². The molecular weight excluding hydrogens is 408 g/mol. The van der Waals surface area contributed by atoms with Gasteiger partial charge in [0.15, 0.2) is 5.16 Å². The number of thioether (sulfide) groups is 1. The summed E-state index contributed by atoms with van der Waals surface area (Å²) >= 11 is 1.42. The third-order valence-corrected chi connectivity index (χ3v) is 5.81. The molecule has 0 unspecified atom stereocenters.